The highest BCUT2D eigenvalue weighted by atomic mass is 32.2. The summed E-state index contributed by atoms with van der Waals surface area (Å²) >= 11 is 1.66. The number of hydrogen-bond donors (Lipinski definition) is 1. The molecule has 1 unspecified atom stereocenters. The summed E-state index contributed by atoms with van der Waals surface area (Å²) in [5.74, 6) is 3.90. The molecule has 0 amide bonds. The Hall–Kier alpha value is -1.32. The smallest absolute Gasteiger partial charge is 0.406 e. The second-order valence-corrected chi connectivity index (χ2v) is 5.15. The van der Waals surface area contributed by atoms with Crippen LogP contribution in [-0.2, 0) is 0 Å². The van der Waals surface area contributed by atoms with E-state index in [9.17, 15) is 13.2 Å². The number of alkyl halides is 3. The quantitative estimate of drug-likeness (QED) is 0.614. The van der Waals surface area contributed by atoms with Crippen molar-refractivity contribution in [3.63, 3.8) is 0 Å². The van der Waals surface area contributed by atoms with E-state index in [1.165, 1.54) is 12.1 Å². The molecule has 0 heterocycles. The molecule has 0 fully saturated rings. The van der Waals surface area contributed by atoms with Crippen molar-refractivity contribution in [2.75, 3.05) is 18.1 Å². The van der Waals surface area contributed by atoms with E-state index >= 15 is 0 Å². The molecule has 0 saturated heterocycles. The van der Waals surface area contributed by atoms with Crippen LogP contribution in [0.1, 0.15) is 18.5 Å². The molecule has 1 N–H and O–H groups in total. The average Bonchev–Trinajstić information content (AvgIpc) is 2.37. The maximum absolute atomic E-state index is 12.0. The summed E-state index contributed by atoms with van der Waals surface area (Å²) < 4.78 is 39.9. The topological polar surface area (TPSA) is 21.3 Å². The molecule has 0 saturated carbocycles. The first-order valence-electron chi connectivity index (χ1n) is 6.02. The first-order valence-corrected chi connectivity index (χ1v) is 7.18. The zero-order valence-electron chi connectivity index (χ0n) is 11.0. The monoisotopic (exact) mass is 303 g/mol. The van der Waals surface area contributed by atoms with Crippen LogP contribution in [0.25, 0.3) is 0 Å². The third-order valence-electron chi connectivity index (χ3n) is 2.50. The van der Waals surface area contributed by atoms with Crippen molar-refractivity contribution in [2.24, 2.45) is 0 Å². The summed E-state index contributed by atoms with van der Waals surface area (Å²) in [5.41, 5.74) is 0.904. The molecule has 2 nitrogen and oxygen atoms in total. The number of thioether (sulfide) groups is 1. The highest BCUT2D eigenvalue weighted by Gasteiger charge is 2.30. The Morgan fingerprint density at radius 3 is 2.55 bits per heavy atom. The summed E-state index contributed by atoms with van der Waals surface area (Å²) in [6.07, 6.45) is 0.483. The molecule has 20 heavy (non-hydrogen) atoms. The number of benzene rings is 1. The van der Waals surface area contributed by atoms with Gasteiger partial charge in [0, 0.05) is 18.3 Å². The van der Waals surface area contributed by atoms with Gasteiger partial charge in [0.25, 0.3) is 0 Å². The standard InChI is InChI=1S/C14H16F3NOS/c1-3-9-20-10-8-18-11(2)12-4-6-13(7-5-12)19-14(15,16)17/h1,4-7,11,18H,8-10H2,2H3. The number of ether oxygens (including phenoxy) is 1. The zero-order valence-corrected chi connectivity index (χ0v) is 11.9. The summed E-state index contributed by atoms with van der Waals surface area (Å²) in [6, 6.07) is 5.92. The van der Waals surface area contributed by atoms with E-state index in [2.05, 4.69) is 16.0 Å². The van der Waals surface area contributed by atoms with Crippen LogP contribution >= 0.6 is 11.8 Å². The lowest BCUT2D eigenvalue weighted by atomic mass is 10.1. The number of rotatable bonds is 7. The maximum atomic E-state index is 12.0. The number of halogens is 3. The van der Waals surface area contributed by atoms with E-state index in [0.717, 1.165) is 17.9 Å². The molecule has 1 atom stereocenters. The molecule has 0 aliphatic carbocycles. The number of hydrogen-bond acceptors (Lipinski definition) is 3. The minimum atomic E-state index is -4.65. The van der Waals surface area contributed by atoms with Gasteiger partial charge in [-0.1, -0.05) is 18.1 Å². The molecule has 1 rings (SSSR count). The predicted octanol–water partition coefficient (Wildman–Crippen LogP) is 3.60. The molecule has 0 radical (unpaired) electrons. The maximum Gasteiger partial charge on any atom is 0.573 e. The predicted molar refractivity (Wildman–Crippen MR) is 75.7 cm³/mol. The third kappa shape index (κ3) is 6.73. The number of nitrogens with one attached hydrogen (secondary N) is 1. The first kappa shape index (κ1) is 16.7. The minimum absolute atomic E-state index is 0.0568. The highest BCUT2D eigenvalue weighted by Crippen LogP contribution is 2.24. The average molecular weight is 303 g/mol. The fourth-order valence-corrected chi connectivity index (χ4v) is 2.08. The Bertz CT molecular complexity index is 439. The van der Waals surface area contributed by atoms with Crippen LogP contribution in [0.5, 0.6) is 5.75 Å². The van der Waals surface area contributed by atoms with E-state index in [-0.39, 0.29) is 11.8 Å². The molecule has 1 aromatic carbocycles. The molecule has 0 spiro atoms. The minimum Gasteiger partial charge on any atom is -0.406 e. The third-order valence-corrected chi connectivity index (χ3v) is 3.36. The fraction of sp³-hybridized carbons (Fsp3) is 0.429. The van der Waals surface area contributed by atoms with Crippen molar-refractivity contribution in [3.05, 3.63) is 29.8 Å². The molecule has 0 aromatic heterocycles. The lowest BCUT2D eigenvalue weighted by molar-refractivity contribution is -0.274. The van der Waals surface area contributed by atoms with Crippen molar-refractivity contribution in [2.45, 2.75) is 19.3 Å². The van der Waals surface area contributed by atoms with Gasteiger partial charge in [0.1, 0.15) is 5.75 Å². The van der Waals surface area contributed by atoms with E-state index < -0.39 is 6.36 Å². The molecule has 6 heteroatoms. The fourth-order valence-electron chi connectivity index (χ4n) is 1.55. The lowest BCUT2D eigenvalue weighted by Crippen LogP contribution is -2.21. The summed E-state index contributed by atoms with van der Waals surface area (Å²) in [4.78, 5) is 0. The molecular weight excluding hydrogens is 287 g/mol. The molecule has 0 aliphatic heterocycles. The first-order chi connectivity index (χ1) is 9.42. The van der Waals surface area contributed by atoms with Gasteiger partial charge in [0.05, 0.1) is 5.75 Å². The Kier molecular flexibility index (Phi) is 6.76. The van der Waals surface area contributed by atoms with Gasteiger partial charge in [-0.25, -0.2) is 0 Å². The van der Waals surface area contributed by atoms with E-state index in [0.29, 0.717) is 5.75 Å². The zero-order chi connectivity index (χ0) is 15.0. The Balaban J connectivity index is 2.41. The SMILES string of the molecule is C#CCSCCNC(C)c1ccc(OC(F)(F)F)cc1. The van der Waals surface area contributed by atoms with Gasteiger partial charge < -0.3 is 10.1 Å². The van der Waals surface area contributed by atoms with E-state index in [1.54, 1.807) is 23.9 Å². The van der Waals surface area contributed by atoms with Crippen molar-refractivity contribution in [1.29, 1.82) is 0 Å². The highest BCUT2D eigenvalue weighted by molar-refractivity contribution is 7.99. The van der Waals surface area contributed by atoms with Gasteiger partial charge in [-0.05, 0) is 24.6 Å². The van der Waals surface area contributed by atoms with Crippen LogP contribution < -0.4 is 10.1 Å². The summed E-state index contributed by atoms with van der Waals surface area (Å²) in [5, 5.41) is 3.27. The van der Waals surface area contributed by atoms with E-state index in [4.69, 9.17) is 6.42 Å². The molecule has 0 bridgehead atoms. The second-order valence-electron chi connectivity index (χ2n) is 4.05. The Morgan fingerprint density at radius 2 is 2.00 bits per heavy atom. The van der Waals surface area contributed by atoms with Crippen LogP contribution in [-0.4, -0.2) is 24.4 Å². The van der Waals surface area contributed by atoms with Crippen LogP contribution in [0, 0.1) is 12.3 Å². The van der Waals surface area contributed by atoms with Gasteiger partial charge in [-0.15, -0.1) is 31.4 Å². The van der Waals surface area contributed by atoms with Gasteiger partial charge >= 0.3 is 6.36 Å². The van der Waals surface area contributed by atoms with Crippen LogP contribution in [0.4, 0.5) is 13.2 Å². The molecule has 0 aliphatic rings. The van der Waals surface area contributed by atoms with Crippen LogP contribution in [0.15, 0.2) is 24.3 Å². The molecular formula is C14H16F3NOS. The van der Waals surface area contributed by atoms with Gasteiger partial charge in [-0.3, -0.25) is 0 Å². The summed E-state index contributed by atoms with van der Waals surface area (Å²) in [7, 11) is 0. The van der Waals surface area contributed by atoms with Crippen LogP contribution in [0.3, 0.4) is 0 Å². The van der Waals surface area contributed by atoms with Gasteiger partial charge in [0.15, 0.2) is 0 Å². The van der Waals surface area contributed by atoms with Crippen molar-refractivity contribution < 1.29 is 17.9 Å². The second kappa shape index (κ2) is 8.08. The van der Waals surface area contributed by atoms with Crippen molar-refractivity contribution in [1.82, 2.24) is 5.32 Å². The normalized spacial score (nSPS) is 12.8. The van der Waals surface area contributed by atoms with Gasteiger partial charge in [0.2, 0.25) is 0 Å². The molecule has 110 valence electrons. The Labute approximate surface area is 121 Å². The van der Waals surface area contributed by atoms with Gasteiger partial charge in [-0.2, -0.15) is 0 Å². The lowest BCUT2D eigenvalue weighted by Gasteiger charge is -2.15. The largest absolute Gasteiger partial charge is 0.573 e. The molecule has 1 aromatic rings. The van der Waals surface area contributed by atoms with E-state index in [1.807, 2.05) is 6.92 Å². The van der Waals surface area contributed by atoms with Crippen molar-refractivity contribution >= 4 is 11.8 Å². The van der Waals surface area contributed by atoms with Crippen LogP contribution in [0.2, 0.25) is 0 Å². The van der Waals surface area contributed by atoms with Crippen molar-refractivity contribution in [3.8, 4) is 18.1 Å². The Morgan fingerprint density at radius 1 is 1.35 bits per heavy atom. The summed E-state index contributed by atoms with van der Waals surface area (Å²) in [6.45, 7) is 2.74. The number of terminal acetylenes is 1.